The average molecular weight is 278 g/mol. The molecule has 0 amide bonds. The minimum atomic E-state index is -0.325. The van der Waals surface area contributed by atoms with Crippen LogP contribution in [0.1, 0.15) is 52.4 Å². The summed E-state index contributed by atoms with van der Waals surface area (Å²) in [5.41, 5.74) is 0.602. The van der Waals surface area contributed by atoms with Gasteiger partial charge >= 0.3 is 0 Å². The molecule has 1 aromatic rings. The van der Waals surface area contributed by atoms with E-state index in [-0.39, 0.29) is 10.9 Å². The lowest BCUT2D eigenvalue weighted by Crippen LogP contribution is -2.44. The van der Waals surface area contributed by atoms with E-state index in [9.17, 15) is 9.59 Å². The van der Waals surface area contributed by atoms with Crippen molar-refractivity contribution in [2.75, 3.05) is 29.9 Å². The summed E-state index contributed by atoms with van der Waals surface area (Å²) in [6, 6.07) is 0. The molecule has 2 rings (SSSR count). The van der Waals surface area contributed by atoms with Crippen LogP contribution < -0.4 is 21.1 Å². The van der Waals surface area contributed by atoms with Gasteiger partial charge in [0.2, 0.25) is 0 Å². The van der Waals surface area contributed by atoms with Crippen molar-refractivity contribution < 1.29 is 0 Å². The lowest BCUT2D eigenvalue weighted by molar-refractivity contribution is 0.503. The van der Waals surface area contributed by atoms with E-state index < -0.39 is 0 Å². The summed E-state index contributed by atoms with van der Waals surface area (Å²) in [6.07, 6.45) is 6.87. The van der Waals surface area contributed by atoms with Gasteiger partial charge in [0, 0.05) is 19.6 Å². The highest BCUT2D eigenvalue weighted by molar-refractivity contribution is 5.75. The highest BCUT2D eigenvalue weighted by atomic mass is 16.2. The van der Waals surface area contributed by atoms with E-state index in [2.05, 4.69) is 24.1 Å². The first-order valence-corrected chi connectivity index (χ1v) is 7.97. The van der Waals surface area contributed by atoms with Crippen molar-refractivity contribution in [2.45, 2.75) is 52.4 Å². The maximum atomic E-state index is 11.8. The molecule has 1 aromatic carbocycles. The van der Waals surface area contributed by atoms with Crippen LogP contribution in [0.4, 0.5) is 11.4 Å². The van der Waals surface area contributed by atoms with E-state index in [4.69, 9.17) is 0 Å². The highest BCUT2D eigenvalue weighted by Crippen LogP contribution is 2.24. The van der Waals surface area contributed by atoms with Crippen molar-refractivity contribution >= 4 is 11.4 Å². The van der Waals surface area contributed by atoms with E-state index in [0.29, 0.717) is 11.4 Å². The van der Waals surface area contributed by atoms with E-state index in [0.717, 1.165) is 51.2 Å². The molecule has 1 saturated heterocycles. The van der Waals surface area contributed by atoms with Gasteiger partial charge < -0.3 is 10.2 Å². The van der Waals surface area contributed by atoms with Gasteiger partial charge in [0.1, 0.15) is 11.4 Å². The fraction of sp³-hybridized carbons (Fsp3) is 0.750. The second-order valence-corrected chi connectivity index (χ2v) is 6.01. The van der Waals surface area contributed by atoms with Crippen LogP contribution in [0.25, 0.3) is 0 Å². The molecule has 1 N–H and O–H groups in total. The van der Waals surface area contributed by atoms with Gasteiger partial charge in [-0.05, 0) is 38.0 Å². The number of piperidine rings is 1. The molecule has 0 aromatic heterocycles. The number of hydrogen-bond donors (Lipinski definition) is 1. The van der Waals surface area contributed by atoms with Gasteiger partial charge in [-0.15, -0.1) is 0 Å². The van der Waals surface area contributed by atoms with Crippen LogP contribution in [-0.2, 0) is 0 Å². The van der Waals surface area contributed by atoms with E-state index in [1.165, 1.54) is 12.8 Å². The predicted octanol–water partition coefficient (Wildman–Crippen LogP) is 2.51. The molecule has 1 atom stereocenters. The van der Waals surface area contributed by atoms with Crippen LogP contribution in [-0.4, -0.2) is 19.6 Å². The Balaban J connectivity index is 1.90. The zero-order chi connectivity index (χ0) is 14.5. The van der Waals surface area contributed by atoms with E-state index in [1.54, 1.807) is 0 Å². The maximum absolute atomic E-state index is 11.8. The molecule has 1 aliphatic rings. The first kappa shape index (κ1) is 15.1. The van der Waals surface area contributed by atoms with Gasteiger partial charge in [0.25, 0.3) is 10.9 Å². The van der Waals surface area contributed by atoms with Gasteiger partial charge in [-0.2, -0.15) is 0 Å². The molecule has 1 heterocycles. The second-order valence-electron chi connectivity index (χ2n) is 6.01. The van der Waals surface area contributed by atoms with E-state index in [1.807, 2.05) is 0 Å². The summed E-state index contributed by atoms with van der Waals surface area (Å²) in [4.78, 5) is 25.6. The molecule has 0 radical (unpaired) electrons. The van der Waals surface area contributed by atoms with Gasteiger partial charge in [0.05, 0.1) is 0 Å². The predicted molar refractivity (Wildman–Crippen MR) is 84.6 cm³/mol. The molecular weight excluding hydrogens is 252 g/mol. The largest absolute Gasteiger partial charge is 0.380 e. The molecule has 0 bridgehead atoms. The average Bonchev–Trinajstić information content (AvgIpc) is 2.50. The highest BCUT2D eigenvalue weighted by Gasteiger charge is 2.26. The van der Waals surface area contributed by atoms with Crippen molar-refractivity contribution in [3.63, 3.8) is 0 Å². The molecule has 1 fully saturated rings. The van der Waals surface area contributed by atoms with Gasteiger partial charge in [0.15, 0.2) is 0 Å². The Morgan fingerprint density at radius 3 is 2.50 bits per heavy atom. The first-order valence-electron chi connectivity index (χ1n) is 7.97. The third-order valence-corrected chi connectivity index (χ3v) is 4.43. The Morgan fingerprint density at radius 1 is 1.15 bits per heavy atom. The van der Waals surface area contributed by atoms with Gasteiger partial charge in [-0.3, -0.25) is 9.59 Å². The Labute approximate surface area is 120 Å². The molecule has 4 nitrogen and oxygen atoms in total. The number of rotatable bonds is 7. The summed E-state index contributed by atoms with van der Waals surface area (Å²) >= 11 is 0. The topological polar surface area (TPSA) is 49.4 Å². The summed E-state index contributed by atoms with van der Waals surface area (Å²) in [5.74, 6) is 0.728. The number of anilines is 2. The van der Waals surface area contributed by atoms with Crippen molar-refractivity contribution in [2.24, 2.45) is 5.92 Å². The number of nitrogens with zero attached hydrogens (tertiary/aromatic N) is 1. The third kappa shape index (κ3) is 3.22. The lowest BCUT2D eigenvalue weighted by atomic mass is 10.0. The molecule has 4 heteroatoms. The molecule has 0 spiro atoms. The zero-order valence-corrected chi connectivity index (χ0v) is 12.7. The Bertz CT molecular complexity index is 497. The normalized spacial score (nSPS) is 17.4. The molecule has 1 unspecified atom stereocenters. The Hall–Kier alpha value is -1.32. The first-order chi connectivity index (χ1) is 9.65. The fourth-order valence-corrected chi connectivity index (χ4v) is 2.83. The lowest BCUT2D eigenvalue weighted by Gasteiger charge is -2.31. The quantitative estimate of drug-likeness (QED) is 0.615. The minimum Gasteiger partial charge on any atom is -0.380 e. The monoisotopic (exact) mass is 278 g/mol. The maximum Gasteiger partial charge on any atom is 0.253 e. The smallest absolute Gasteiger partial charge is 0.253 e. The molecule has 20 heavy (non-hydrogen) atoms. The van der Waals surface area contributed by atoms with Crippen LogP contribution >= 0.6 is 0 Å². The van der Waals surface area contributed by atoms with Crippen molar-refractivity contribution in [3.8, 4) is 0 Å². The molecule has 0 saturated carbocycles. The molecule has 112 valence electrons. The summed E-state index contributed by atoms with van der Waals surface area (Å²) in [7, 11) is 0. The SMILES string of the molecule is CCC(C)CCCNc1c(N2CCCCC2)c(=O)c1=O. The van der Waals surface area contributed by atoms with Crippen LogP contribution in [0.15, 0.2) is 9.59 Å². The van der Waals surface area contributed by atoms with Crippen LogP contribution in [0.5, 0.6) is 0 Å². The Kier molecular flexibility index (Phi) is 5.21. The number of hydrogen-bond acceptors (Lipinski definition) is 4. The van der Waals surface area contributed by atoms with E-state index >= 15 is 0 Å². The second kappa shape index (κ2) is 6.91. The Morgan fingerprint density at radius 2 is 1.85 bits per heavy atom. The van der Waals surface area contributed by atoms with Crippen molar-refractivity contribution in [1.29, 1.82) is 0 Å². The van der Waals surface area contributed by atoms with Crippen molar-refractivity contribution in [3.05, 3.63) is 20.4 Å². The molecule has 1 aliphatic heterocycles. The third-order valence-electron chi connectivity index (χ3n) is 4.43. The standard InChI is InChI=1S/C16H26N2O2/c1-3-12(2)8-7-9-17-13-14(16(20)15(13)19)18-10-5-4-6-11-18/h12,17H,3-11H2,1-2H3. The van der Waals surface area contributed by atoms with Gasteiger partial charge in [-0.1, -0.05) is 20.3 Å². The van der Waals surface area contributed by atoms with Crippen molar-refractivity contribution in [1.82, 2.24) is 0 Å². The fourth-order valence-electron chi connectivity index (χ4n) is 2.83. The zero-order valence-electron chi connectivity index (χ0n) is 12.7. The minimum absolute atomic E-state index is 0.295. The van der Waals surface area contributed by atoms with Crippen LogP contribution in [0.2, 0.25) is 0 Å². The summed E-state index contributed by atoms with van der Waals surface area (Å²) in [6.45, 7) is 7.05. The van der Waals surface area contributed by atoms with Crippen LogP contribution in [0, 0.1) is 5.92 Å². The van der Waals surface area contributed by atoms with Crippen LogP contribution in [0.3, 0.4) is 0 Å². The summed E-state index contributed by atoms with van der Waals surface area (Å²) in [5, 5.41) is 3.19. The molecular formula is C16H26N2O2. The van der Waals surface area contributed by atoms with Gasteiger partial charge in [-0.25, -0.2) is 0 Å². The summed E-state index contributed by atoms with van der Waals surface area (Å²) < 4.78 is 0. The number of nitrogens with one attached hydrogen (secondary N) is 1. The molecule has 0 aliphatic carbocycles.